The fourth-order valence-corrected chi connectivity index (χ4v) is 0.794. The Balaban J connectivity index is 2.61. The summed E-state index contributed by atoms with van der Waals surface area (Å²) >= 11 is 3.13. The SMILES string of the molecule is OCCn1cc(Br)nn1. The highest BCUT2D eigenvalue weighted by Crippen LogP contribution is 2.00. The molecule has 1 N–H and O–H groups in total. The van der Waals surface area contributed by atoms with Gasteiger partial charge in [0.1, 0.15) is 4.60 Å². The molecule has 1 heterocycles. The van der Waals surface area contributed by atoms with E-state index in [-0.39, 0.29) is 6.61 Å². The van der Waals surface area contributed by atoms with Gasteiger partial charge in [-0.05, 0) is 15.9 Å². The molecule has 0 bridgehead atoms. The average Bonchev–Trinajstić information content (AvgIpc) is 2.17. The van der Waals surface area contributed by atoms with E-state index in [1.807, 2.05) is 0 Å². The Bertz CT molecular complexity index is 188. The van der Waals surface area contributed by atoms with Gasteiger partial charge >= 0.3 is 0 Å². The lowest BCUT2D eigenvalue weighted by atomic mass is 10.7. The minimum Gasteiger partial charge on any atom is -0.394 e. The number of aliphatic hydroxyl groups is 1. The largest absolute Gasteiger partial charge is 0.394 e. The fraction of sp³-hybridized carbons (Fsp3) is 0.500. The van der Waals surface area contributed by atoms with Crippen LogP contribution in [0, 0.1) is 0 Å². The first-order valence-electron chi connectivity index (χ1n) is 2.49. The average molecular weight is 192 g/mol. The fourth-order valence-electron chi connectivity index (χ4n) is 0.487. The first-order valence-corrected chi connectivity index (χ1v) is 3.28. The Morgan fingerprint density at radius 3 is 3.00 bits per heavy atom. The van der Waals surface area contributed by atoms with Gasteiger partial charge in [-0.15, -0.1) is 5.10 Å². The topological polar surface area (TPSA) is 50.9 Å². The predicted octanol–water partition coefficient (Wildman–Crippen LogP) is 0.0329. The lowest BCUT2D eigenvalue weighted by Gasteiger charge is -1.90. The molecule has 0 aliphatic rings. The van der Waals surface area contributed by atoms with Crippen molar-refractivity contribution in [3.05, 3.63) is 10.8 Å². The van der Waals surface area contributed by atoms with Crippen molar-refractivity contribution in [2.24, 2.45) is 0 Å². The summed E-state index contributed by atoms with van der Waals surface area (Å²) in [6.45, 7) is 0.592. The Morgan fingerprint density at radius 2 is 2.56 bits per heavy atom. The minimum atomic E-state index is 0.0931. The first kappa shape index (κ1) is 6.70. The van der Waals surface area contributed by atoms with Crippen molar-refractivity contribution >= 4 is 15.9 Å². The summed E-state index contributed by atoms with van der Waals surface area (Å²) in [5.41, 5.74) is 0. The summed E-state index contributed by atoms with van der Waals surface area (Å²) in [5, 5.41) is 15.7. The Kier molecular flexibility index (Phi) is 2.18. The van der Waals surface area contributed by atoms with Crippen LogP contribution in [0.4, 0.5) is 0 Å². The molecule has 0 spiro atoms. The number of hydrogen-bond acceptors (Lipinski definition) is 3. The second-order valence-corrected chi connectivity index (χ2v) is 2.34. The maximum atomic E-state index is 8.43. The van der Waals surface area contributed by atoms with E-state index in [1.54, 1.807) is 10.9 Å². The van der Waals surface area contributed by atoms with E-state index in [0.29, 0.717) is 11.1 Å². The number of aromatic nitrogens is 3. The van der Waals surface area contributed by atoms with Crippen LogP contribution in [0.25, 0.3) is 0 Å². The molecule has 0 atom stereocenters. The molecule has 0 saturated carbocycles. The number of hydrogen-bond donors (Lipinski definition) is 1. The van der Waals surface area contributed by atoms with Gasteiger partial charge in [-0.1, -0.05) is 5.21 Å². The van der Waals surface area contributed by atoms with Crippen molar-refractivity contribution < 1.29 is 5.11 Å². The molecule has 0 radical (unpaired) electrons. The lowest BCUT2D eigenvalue weighted by molar-refractivity contribution is 0.268. The molecule has 1 rings (SSSR count). The quantitative estimate of drug-likeness (QED) is 0.719. The van der Waals surface area contributed by atoms with Crippen LogP contribution in [-0.2, 0) is 6.54 Å². The van der Waals surface area contributed by atoms with E-state index in [9.17, 15) is 0 Å². The molecule has 0 amide bonds. The van der Waals surface area contributed by atoms with Gasteiger partial charge in [0.05, 0.1) is 19.3 Å². The molecule has 0 unspecified atom stereocenters. The third-order valence-corrected chi connectivity index (χ3v) is 1.20. The van der Waals surface area contributed by atoms with Crippen LogP contribution in [-0.4, -0.2) is 26.7 Å². The molecule has 50 valence electrons. The van der Waals surface area contributed by atoms with Crippen LogP contribution < -0.4 is 0 Å². The van der Waals surface area contributed by atoms with Crippen molar-refractivity contribution in [3.8, 4) is 0 Å². The molecule has 0 aromatic carbocycles. The monoisotopic (exact) mass is 191 g/mol. The molecule has 5 heteroatoms. The second-order valence-electron chi connectivity index (χ2n) is 1.53. The van der Waals surface area contributed by atoms with Crippen LogP contribution in [0.15, 0.2) is 10.8 Å². The van der Waals surface area contributed by atoms with Gasteiger partial charge in [0.25, 0.3) is 0 Å². The summed E-state index contributed by atoms with van der Waals surface area (Å²) < 4.78 is 2.25. The standard InChI is InChI=1S/C4H6BrN3O/c5-4-3-8(1-2-9)7-6-4/h3,9H,1-2H2. The highest BCUT2D eigenvalue weighted by Gasteiger charge is 1.92. The normalized spacial score (nSPS) is 10.0. The zero-order valence-corrected chi connectivity index (χ0v) is 6.24. The van der Waals surface area contributed by atoms with E-state index < -0.39 is 0 Å². The van der Waals surface area contributed by atoms with Crippen molar-refractivity contribution in [1.29, 1.82) is 0 Å². The highest BCUT2D eigenvalue weighted by atomic mass is 79.9. The lowest BCUT2D eigenvalue weighted by Crippen LogP contribution is -2.01. The summed E-state index contributed by atoms with van der Waals surface area (Å²) in [6, 6.07) is 0. The zero-order chi connectivity index (χ0) is 6.69. The van der Waals surface area contributed by atoms with Crippen LogP contribution in [0.5, 0.6) is 0 Å². The second kappa shape index (κ2) is 2.93. The molecule has 1 aromatic heterocycles. The smallest absolute Gasteiger partial charge is 0.148 e. The number of aliphatic hydroxyl groups excluding tert-OH is 1. The Labute approximate surface area is 60.6 Å². The number of nitrogens with zero attached hydrogens (tertiary/aromatic N) is 3. The molecule has 0 fully saturated rings. The van der Waals surface area contributed by atoms with Gasteiger partial charge in [0, 0.05) is 0 Å². The third-order valence-electron chi connectivity index (χ3n) is 0.840. The molecule has 0 saturated heterocycles. The number of rotatable bonds is 2. The van der Waals surface area contributed by atoms with Gasteiger partial charge in [0.2, 0.25) is 0 Å². The first-order chi connectivity index (χ1) is 4.33. The molecular formula is C4H6BrN3O. The Morgan fingerprint density at radius 1 is 1.78 bits per heavy atom. The van der Waals surface area contributed by atoms with Crippen molar-refractivity contribution in [2.45, 2.75) is 6.54 Å². The van der Waals surface area contributed by atoms with E-state index in [4.69, 9.17) is 5.11 Å². The molecule has 0 aliphatic carbocycles. The predicted molar refractivity (Wildman–Crippen MR) is 34.8 cm³/mol. The zero-order valence-electron chi connectivity index (χ0n) is 4.66. The van der Waals surface area contributed by atoms with Crippen LogP contribution >= 0.6 is 15.9 Å². The maximum absolute atomic E-state index is 8.43. The van der Waals surface area contributed by atoms with Crippen LogP contribution in [0.2, 0.25) is 0 Å². The van der Waals surface area contributed by atoms with Crippen molar-refractivity contribution in [3.63, 3.8) is 0 Å². The van der Waals surface area contributed by atoms with Crippen LogP contribution in [0.1, 0.15) is 0 Å². The van der Waals surface area contributed by atoms with Gasteiger partial charge in [-0.3, -0.25) is 0 Å². The molecule has 4 nitrogen and oxygen atoms in total. The van der Waals surface area contributed by atoms with Crippen molar-refractivity contribution in [1.82, 2.24) is 15.0 Å². The van der Waals surface area contributed by atoms with E-state index in [2.05, 4.69) is 26.2 Å². The van der Waals surface area contributed by atoms with Gasteiger partial charge in [-0.25, -0.2) is 4.68 Å². The summed E-state index contributed by atoms with van der Waals surface area (Å²) in [6.07, 6.45) is 1.70. The van der Waals surface area contributed by atoms with Gasteiger partial charge < -0.3 is 5.11 Å². The molecular weight excluding hydrogens is 186 g/mol. The Hall–Kier alpha value is -0.420. The van der Waals surface area contributed by atoms with Crippen LogP contribution in [0.3, 0.4) is 0 Å². The summed E-state index contributed by atoms with van der Waals surface area (Å²) in [5.74, 6) is 0. The highest BCUT2D eigenvalue weighted by molar-refractivity contribution is 9.10. The van der Waals surface area contributed by atoms with E-state index >= 15 is 0 Å². The number of halogens is 1. The van der Waals surface area contributed by atoms with Gasteiger partial charge in [-0.2, -0.15) is 0 Å². The van der Waals surface area contributed by atoms with E-state index in [0.717, 1.165) is 0 Å². The molecule has 1 aromatic rings. The molecule has 0 aliphatic heterocycles. The van der Waals surface area contributed by atoms with Gasteiger partial charge in [0.15, 0.2) is 0 Å². The summed E-state index contributed by atoms with van der Waals surface area (Å²) in [4.78, 5) is 0. The third kappa shape index (κ3) is 1.76. The van der Waals surface area contributed by atoms with Crippen molar-refractivity contribution in [2.75, 3.05) is 6.61 Å². The minimum absolute atomic E-state index is 0.0931. The maximum Gasteiger partial charge on any atom is 0.148 e. The van der Waals surface area contributed by atoms with E-state index in [1.165, 1.54) is 0 Å². The summed E-state index contributed by atoms with van der Waals surface area (Å²) in [7, 11) is 0. The molecule has 9 heavy (non-hydrogen) atoms.